The Bertz CT molecular complexity index is 226. The SMILES string of the molecule is CCC(C)(C)N1CCN(C2CCNCC2)CC1. The van der Waals surface area contributed by atoms with Gasteiger partial charge in [-0.05, 0) is 46.2 Å². The quantitative estimate of drug-likeness (QED) is 0.806. The Kier molecular flexibility index (Phi) is 4.45. The summed E-state index contributed by atoms with van der Waals surface area (Å²) >= 11 is 0. The Morgan fingerprint density at radius 1 is 1.06 bits per heavy atom. The summed E-state index contributed by atoms with van der Waals surface area (Å²) < 4.78 is 0. The van der Waals surface area contributed by atoms with E-state index in [2.05, 4.69) is 35.9 Å². The number of piperidine rings is 1. The predicted octanol–water partition coefficient (Wildman–Crippen LogP) is 1.54. The van der Waals surface area contributed by atoms with E-state index in [1.807, 2.05) is 0 Å². The van der Waals surface area contributed by atoms with E-state index in [0.717, 1.165) is 6.04 Å². The zero-order chi connectivity index (χ0) is 12.3. The van der Waals surface area contributed by atoms with Crippen molar-refractivity contribution in [2.24, 2.45) is 0 Å². The Morgan fingerprint density at radius 2 is 1.65 bits per heavy atom. The minimum Gasteiger partial charge on any atom is -0.317 e. The normalized spacial score (nSPS) is 26.3. The molecule has 0 amide bonds. The molecule has 0 saturated carbocycles. The van der Waals surface area contributed by atoms with Gasteiger partial charge in [0.2, 0.25) is 0 Å². The topological polar surface area (TPSA) is 18.5 Å². The third-order valence-corrected chi connectivity index (χ3v) is 4.86. The zero-order valence-electron chi connectivity index (χ0n) is 11.8. The second kappa shape index (κ2) is 5.68. The van der Waals surface area contributed by atoms with Gasteiger partial charge >= 0.3 is 0 Å². The van der Waals surface area contributed by atoms with Crippen LogP contribution in [0.25, 0.3) is 0 Å². The summed E-state index contributed by atoms with van der Waals surface area (Å²) in [4.78, 5) is 5.40. The molecule has 2 heterocycles. The van der Waals surface area contributed by atoms with E-state index in [1.54, 1.807) is 0 Å². The molecule has 0 aromatic carbocycles. The van der Waals surface area contributed by atoms with Crippen molar-refractivity contribution in [1.29, 1.82) is 0 Å². The minimum atomic E-state index is 0.389. The average Bonchev–Trinajstić information content (AvgIpc) is 2.40. The lowest BCUT2D eigenvalue weighted by atomic mass is 9.97. The summed E-state index contributed by atoms with van der Waals surface area (Å²) in [5.41, 5.74) is 0.389. The molecule has 0 unspecified atom stereocenters. The van der Waals surface area contributed by atoms with E-state index >= 15 is 0 Å². The van der Waals surface area contributed by atoms with Crippen molar-refractivity contribution in [3.63, 3.8) is 0 Å². The fourth-order valence-electron chi connectivity index (χ4n) is 3.09. The van der Waals surface area contributed by atoms with Gasteiger partial charge in [0, 0.05) is 37.8 Å². The monoisotopic (exact) mass is 239 g/mol. The predicted molar refractivity (Wildman–Crippen MR) is 73.4 cm³/mol. The highest BCUT2D eigenvalue weighted by Crippen LogP contribution is 2.22. The molecule has 0 atom stereocenters. The first-order valence-corrected chi connectivity index (χ1v) is 7.33. The number of hydrogen-bond acceptors (Lipinski definition) is 3. The highest BCUT2D eigenvalue weighted by Gasteiger charge is 2.30. The number of nitrogens with zero attached hydrogens (tertiary/aromatic N) is 2. The molecule has 2 aliphatic heterocycles. The number of hydrogen-bond donors (Lipinski definition) is 1. The fraction of sp³-hybridized carbons (Fsp3) is 1.00. The molecule has 0 aromatic rings. The molecule has 0 aromatic heterocycles. The molecule has 0 spiro atoms. The van der Waals surface area contributed by atoms with Gasteiger partial charge in [-0.25, -0.2) is 0 Å². The molecule has 2 saturated heterocycles. The van der Waals surface area contributed by atoms with Crippen LogP contribution in [0.2, 0.25) is 0 Å². The molecular weight excluding hydrogens is 210 g/mol. The lowest BCUT2D eigenvalue weighted by Gasteiger charge is -2.46. The molecular formula is C14H29N3. The maximum atomic E-state index is 3.46. The molecule has 0 bridgehead atoms. The summed E-state index contributed by atoms with van der Waals surface area (Å²) in [5, 5.41) is 3.46. The number of piperazine rings is 1. The average molecular weight is 239 g/mol. The van der Waals surface area contributed by atoms with Crippen LogP contribution in [0.4, 0.5) is 0 Å². The van der Waals surface area contributed by atoms with Crippen LogP contribution in [0.15, 0.2) is 0 Å². The van der Waals surface area contributed by atoms with Crippen LogP contribution in [0.5, 0.6) is 0 Å². The second-order valence-electron chi connectivity index (χ2n) is 6.17. The first-order chi connectivity index (χ1) is 8.13. The molecule has 3 heteroatoms. The van der Waals surface area contributed by atoms with Crippen LogP contribution in [-0.2, 0) is 0 Å². The van der Waals surface area contributed by atoms with E-state index in [4.69, 9.17) is 0 Å². The maximum absolute atomic E-state index is 3.46. The molecule has 100 valence electrons. The number of nitrogens with one attached hydrogen (secondary N) is 1. The molecule has 0 aliphatic carbocycles. The third-order valence-electron chi connectivity index (χ3n) is 4.86. The molecule has 0 radical (unpaired) electrons. The van der Waals surface area contributed by atoms with Gasteiger partial charge in [-0.3, -0.25) is 9.80 Å². The molecule has 1 N–H and O–H groups in total. The van der Waals surface area contributed by atoms with Gasteiger partial charge in [0.25, 0.3) is 0 Å². The lowest BCUT2D eigenvalue weighted by Crippen LogP contribution is -2.57. The van der Waals surface area contributed by atoms with E-state index in [0.29, 0.717) is 5.54 Å². The van der Waals surface area contributed by atoms with Crippen LogP contribution < -0.4 is 5.32 Å². The fourth-order valence-corrected chi connectivity index (χ4v) is 3.09. The summed E-state index contributed by atoms with van der Waals surface area (Å²) in [6.45, 7) is 14.5. The highest BCUT2D eigenvalue weighted by molar-refractivity contribution is 4.87. The van der Waals surface area contributed by atoms with Gasteiger partial charge in [-0.1, -0.05) is 6.92 Å². The standard InChI is InChI=1S/C14H29N3/c1-4-14(2,3)17-11-9-16(10-12-17)13-5-7-15-8-6-13/h13,15H,4-12H2,1-3H3. The van der Waals surface area contributed by atoms with Crippen LogP contribution in [0, 0.1) is 0 Å². The summed E-state index contributed by atoms with van der Waals surface area (Å²) in [5.74, 6) is 0. The molecule has 2 rings (SSSR count). The second-order valence-corrected chi connectivity index (χ2v) is 6.17. The molecule has 17 heavy (non-hydrogen) atoms. The van der Waals surface area contributed by atoms with Crippen LogP contribution >= 0.6 is 0 Å². The van der Waals surface area contributed by atoms with Gasteiger partial charge in [0.1, 0.15) is 0 Å². The van der Waals surface area contributed by atoms with Crippen LogP contribution in [-0.4, -0.2) is 60.6 Å². The van der Waals surface area contributed by atoms with Crippen molar-refractivity contribution >= 4 is 0 Å². The van der Waals surface area contributed by atoms with Gasteiger partial charge in [-0.2, -0.15) is 0 Å². The third kappa shape index (κ3) is 3.21. The van der Waals surface area contributed by atoms with Crippen molar-refractivity contribution < 1.29 is 0 Å². The lowest BCUT2D eigenvalue weighted by molar-refractivity contribution is 0.0259. The summed E-state index contributed by atoms with van der Waals surface area (Å²) in [6.07, 6.45) is 3.94. The first kappa shape index (κ1) is 13.3. The Balaban J connectivity index is 1.81. The van der Waals surface area contributed by atoms with Crippen molar-refractivity contribution in [2.45, 2.75) is 51.6 Å². The Hall–Kier alpha value is -0.120. The number of rotatable bonds is 3. The van der Waals surface area contributed by atoms with Crippen molar-refractivity contribution in [1.82, 2.24) is 15.1 Å². The molecule has 2 fully saturated rings. The van der Waals surface area contributed by atoms with Gasteiger partial charge in [-0.15, -0.1) is 0 Å². The molecule has 2 aliphatic rings. The van der Waals surface area contributed by atoms with Crippen LogP contribution in [0.3, 0.4) is 0 Å². The first-order valence-electron chi connectivity index (χ1n) is 7.33. The smallest absolute Gasteiger partial charge is 0.0151 e. The summed E-state index contributed by atoms with van der Waals surface area (Å²) in [6, 6.07) is 0.850. The summed E-state index contributed by atoms with van der Waals surface area (Å²) in [7, 11) is 0. The highest BCUT2D eigenvalue weighted by atomic mass is 15.3. The Morgan fingerprint density at radius 3 is 2.18 bits per heavy atom. The van der Waals surface area contributed by atoms with Gasteiger partial charge in [0.05, 0.1) is 0 Å². The van der Waals surface area contributed by atoms with Gasteiger partial charge < -0.3 is 5.32 Å². The largest absolute Gasteiger partial charge is 0.317 e. The van der Waals surface area contributed by atoms with E-state index in [-0.39, 0.29) is 0 Å². The van der Waals surface area contributed by atoms with E-state index in [1.165, 1.54) is 58.5 Å². The van der Waals surface area contributed by atoms with Crippen LogP contribution in [0.1, 0.15) is 40.0 Å². The van der Waals surface area contributed by atoms with E-state index < -0.39 is 0 Å². The Labute approximate surface area is 107 Å². The van der Waals surface area contributed by atoms with Gasteiger partial charge in [0.15, 0.2) is 0 Å². The van der Waals surface area contributed by atoms with Crippen molar-refractivity contribution in [3.8, 4) is 0 Å². The zero-order valence-corrected chi connectivity index (χ0v) is 11.8. The van der Waals surface area contributed by atoms with Crippen molar-refractivity contribution in [2.75, 3.05) is 39.3 Å². The van der Waals surface area contributed by atoms with E-state index in [9.17, 15) is 0 Å². The van der Waals surface area contributed by atoms with Crippen molar-refractivity contribution in [3.05, 3.63) is 0 Å². The minimum absolute atomic E-state index is 0.389. The maximum Gasteiger partial charge on any atom is 0.0151 e. The molecule has 3 nitrogen and oxygen atoms in total.